The molecule has 182 valence electrons. The van der Waals surface area contributed by atoms with Gasteiger partial charge in [-0.25, -0.2) is 0 Å². The average molecular weight is 494 g/mol. The monoisotopic (exact) mass is 493 g/mol. The molecule has 2 heterocycles. The molecule has 0 amide bonds. The fourth-order valence-electron chi connectivity index (χ4n) is 4.22. The number of guanidine groups is 1. The molecule has 6 nitrogen and oxygen atoms in total. The van der Waals surface area contributed by atoms with Crippen molar-refractivity contribution in [3.63, 3.8) is 0 Å². The maximum atomic E-state index is 13.9. The van der Waals surface area contributed by atoms with Crippen LogP contribution >= 0.6 is 12.4 Å². The number of alkyl halides is 3. The van der Waals surface area contributed by atoms with Crippen LogP contribution in [0.1, 0.15) is 54.0 Å². The van der Waals surface area contributed by atoms with Crippen molar-refractivity contribution in [2.75, 3.05) is 6.54 Å². The number of halogens is 4. The lowest BCUT2D eigenvalue weighted by Gasteiger charge is -2.21. The smallest absolute Gasteiger partial charge is 0.370 e. The van der Waals surface area contributed by atoms with Gasteiger partial charge >= 0.3 is 6.18 Å². The van der Waals surface area contributed by atoms with Crippen molar-refractivity contribution in [2.45, 2.75) is 51.2 Å². The van der Waals surface area contributed by atoms with E-state index in [0.29, 0.717) is 19.4 Å². The molecule has 1 atom stereocenters. The van der Waals surface area contributed by atoms with Crippen molar-refractivity contribution in [3.05, 3.63) is 70.6 Å². The van der Waals surface area contributed by atoms with Crippen LogP contribution in [0.5, 0.6) is 0 Å². The van der Waals surface area contributed by atoms with Crippen LogP contribution in [0.15, 0.2) is 47.0 Å². The highest BCUT2D eigenvalue weighted by Crippen LogP contribution is 2.36. The zero-order chi connectivity index (χ0) is 23.6. The number of rotatable bonds is 6. The van der Waals surface area contributed by atoms with Crippen LogP contribution in [0.3, 0.4) is 0 Å². The second-order valence-corrected chi connectivity index (χ2v) is 8.23. The third kappa shape index (κ3) is 5.52. The number of nitrogens with two attached hydrogens (primary N) is 1. The average Bonchev–Trinajstić information content (AvgIpc) is 3.47. The van der Waals surface area contributed by atoms with E-state index in [-0.39, 0.29) is 53.7 Å². The first kappa shape index (κ1) is 25.6. The highest BCUT2D eigenvalue weighted by Gasteiger charge is 2.35. The van der Waals surface area contributed by atoms with E-state index in [1.807, 2.05) is 24.3 Å². The van der Waals surface area contributed by atoms with E-state index in [1.165, 1.54) is 11.6 Å². The van der Waals surface area contributed by atoms with Gasteiger partial charge in [-0.1, -0.05) is 48.5 Å². The van der Waals surface area contributed by atoms with Gasteiger partial charge in [-0.15, -0.1) is 12.4 Å². The van der Waals surface area contributed by atoms with Crippen molar-refractivity contribution in [2.24, 2.45) is 5.73 Å². The zero-order valence-corrected chi connectivity index (χ0v) is 19.5. The number of aryl methyl sites for hydroxylation is 3. The van der Waals surface area contributed by atoms with Crippen LogP contribution in [0.4, 0.5) is 13.2 Å². The quantitative estimate of drug-likeness (QED) is 0.346. The fraction of sp³-hybridized carbons (Fsp3) is 0.375. The highest BCUT2D eigenvalue weighted by molar-refractivity contribution is 5.85. The number of aromatic nitrogens is 2. The zero-order valence-electron chi connectivity index (χ0n) is 18.7. The standard InChI is InChI=1S/C24H26F3N5O.ClH/c1-2-15-5-7-16(8-6-15)9-10-17-11-12-18(14-19(17)24(25,26)27)21-30-22(33-31-21)20-4-3-13-32(20)23(28)29;/h5-8,11-12,14,20H,2-4,9-10,13H2,1H3,(H3,28,29);1H/t20-;/m0./s1. The number of nitrogens with zero attached hydrogens (tertiary/aromatic N) is 3. The molecule has 10 heteroatoms. The van der Waals surface area contributed by atoms with Gasteiger partial charge in [-0.2, -0.15) is 18.2 Å². The molecule has 1 aliphatic rings. The van der Waals surface area contributed by atoms with Crippen LogP contribution in [-0.4, -0.2) is 27.5 Å². The normalized spacial score (nSPS) is 15.9. The van der Waals surface area contributed by atoms with E-state index in [2.05, 4.69) is 17.1 Å². The summed E-state index contributed by atoms with van der Waals surface area (Å²) in [5, 5.41) is 11.6. The first-order valence-corrected chi connectivity index (χ1v) is 11.0. The van der Waals surface area contributed by atoms with Crippen LogP contribution in [-0.2, 0) is 25.4 Å². The summed E-state index contributed by atoms with van der Waals surface area (Å²) in [6.07, 6.45) is -1.29. The summed E-state index contributed by atoms with van der Waals surface area (Å²) in [7, 11) is 0. The molecular weight excluding hydrogens is 467 g/mol. The van der Waals surface area contributed by atoms with E-state index < -0.39 is 11.7 Å². The van der Waals surface area contributed by atoms with Crippen LogP contribution in [0.2, 0.25) is 0 Å². The topological polar surface area (TPSA) is 92.0 Å². The molecule has 0 radical (unpaired) electrons. The van der Waals surface area contributed by atoms with Gasteiger partial charge in [0.1, 0.15) is 6.04 Å². The van der Waals surface area contributed by atoms with E-state index in [9.17, 15) is 13.2 Å². The Hall–Kier alpha value is -3.07. The molecule has 3 N–H and O–H groups in total. The molecule has 1 fully saturated rings. The number of hydrogen-bond donors (Lipinski definition) is 2. The molecule has 0 bridgehead atoms. The van der Waals surface area contributed by atoms with Gasteiger partial charge in [0, 0.05) is 12.1 Å². The highest BCUT2D eigenvalue weighted by atomic mass is 35.5. The Bertz CT molecular complexity index is 1130. The Morgan fingerprint density at radius 1 is 1.15 bits per heavy atom. The Morgan fingerprint density at radius 3 is 2.50 bits per heavy atom. The van der Waals surface area contributed by atoms with Gasteiger partial charge in [-0.05, 0) is 54.9 Å². The summed E-state index contributed by atoms with van der Waals surface area (Å²) >= 11 is 0. The first-order chi connectivity index (χ1) is 15.8. The Morgan fingerprint density at radius 2 is 1.85 bits per heavy atom. The lowest BCUT2D eigenvalue weighted by atomic mass is 9.96. The second-order valence-electron chi connectivity index (χ2n) is 8.23. The molecule has 4 rings (SSSR count). The van der Waals surface area contributed by atoms with E-state index in [4.69, 9.17) is 15.7 Å². The van der Waals surface area contributed by atoms with Gasteiger partial charge in [0.15, 0.2) is 5.96 Å². The van der Waals surface area contributed by atoms with Gasteiger partial charge in [0.05, 0.1) is 5.56 Å². The number of hydrogen-bond acceptors (Lipinski definition) is 4. The van der Waals surface area contributed by atoms with Crippen molar-refractivity contribution in [3.8, 4) is 11.4 Å². The van der Waals surface area contributed by atoms with Crippen LogP contribution in [0, 0.1) is 5.41 Å². The minimum Gasteiger partial charge on any atom is -0.370 e. The predicted molar refractivity (Wildman–Crippen MR) is 126 cm³/mol. The summed E-state index contributed by atoms with van der Waals surface area (Å²) in [5.74, 6) is 0.253. The van der Waals surface area contributed by atoms with Crippen molar-refractivity contribution in [1.82, 2.24) is 15.0 Å². The molecule has 0 unspecified atom stereocenters. The summed E-state index contributed by atoms with van der Waals surface area (Å²) in [5.41, 5.74) is 7.58. The molecular formula is C24H27ClF3N5O. The molecule has 34 heavy (non-hydrogen) atoms. The van der Waals surface area contributed by atoms with Gasteiger partial charge in [-0.3, -0.25) is 5.41 Å². The molecule has 1 saturated heterocycles. The fourth-order valence-corrected chi connectivity index (χ4v) is 4.22. The Labute approximate surface area is 202 Å². The number of likely N-dealkylation sites (tertiary alicyclic amines) is 1. The summed E-state index contributed by atoms with van der Waals surface area (Å²) < 4.78 is 46.9. The van der Waals surface area contributed by atoms with Crippen molar-refractivity contribution < 1.29 is 17.7 Å². The van der Waals surface area contributed by atoms with Crippen LogP contribution < -0.4 is 5.73 Å². The maximum Gasteiger partial charge on any atom is 0.416 e. The second kappa shape index (κ2) is 10.5. The summed E-state index contributed by atoms with van der Waals surface area (Å²) in [4.78, 5) is 5.97. The van der Waals surface area contributed by atoms with E-state index in [0.717, 1.165) is 24.5 Å². The summed E-state index contributed by atoms with van der Waals surface area (Å²) in [6.45, 7) is 2.66. The largest absolute Gasteiger partial charge is 0.416 e. The van der Waals surface area contributed by atoms with Crippen molar-refractivity contribution >= 4 is 18.4 Å². The molecule has 3 aromatic rings. The minimum atomic E-state index is -4.50. The van der Waals surface area contributed by atoms with Crippen LogP contribution in [0.25, 0.3) is 11.4 Å². The molecule has 0 saturated carbocycles. The number of benzene rings is 2. The van der Waals surface area contributed by atoms with Gasteiger partial charge in [0.2, 0.25) is 11.7 Å². The molecule has 1 aromatic heterocycles. The molecule has 2 aromatic carbocycles. The minimum absolute atomic E-state index is 0. The third-order valence-corrected chi connectivity index (χ3v) is 6.08. The Balaban J connectivity index is 0.00000324. The SMILES string of the molecule is CCc1ccc(CCc2ccc(-c3noc([C@@H]4CCCN4C(=N)N)n3)cc2C(F)(F)F)cc1.Cl. The first-order valence-electron chi connectivity index (χ1n) is 11.0. The molecule has 1 aliphatic heterocycles. The molecule has 0 spiro atoms. The Kier molecular flexibility index (Phi) is 7.86. The summed E-state index contributed by atoms with van der Waals surface area (Å²) in [6, 6.07) is 11.8. The number of nitrogens with one attached hydrogen (secondary N) is 1. The van der Waals surface area contributed by atoms with E-state index >= 15 is 0 Å². The predicted octanol–water partition coefficient (Wildman–Crippen LogP) is 5.56. The third-order valence-electron chi connectivity index (χ3n) is 6.08. The molecule has 0 aliphatic carbocycles. The lowest BCUT2D eigenvalue weighted by molar-refractivity contribution is -0.138. The van der Waals surface area contributed by atoms with Gasteiger partial charge in [0.25, 0.3) is 0 Å². The van der Waals surface area contributed by atoms with E-state index in [1.54, 1.807) is 11.0 Å². The van der Waals surface area contributed by atoms with Gasteiger partial charge < -0.3 is 15.2 Å². The lowest BCUT2D eigenvalue weighted by Crippen LogP contribution is -2.35. The maximum absolute atomic E-state index is 13.9. The van der Waals surface area contributed by atoms with Crippen molar-refractivity contribution in [1.29, 1.82) is 5.41 Å².